The minimum absolute atomic E-state index is 0.100. The number of methoxy groups -OCH3 is 1. The maximum Gasteiger partial charge on any atom is 0.186 e. The number of ether oxygens (including phenoxy) is 2. The highest BCUT2D eigenvalue weighted by atomic mass is 32.2. The number of aliphatic imine (C=N–C) groups is 2. The van der Waals surface area contributed by atoms with Crippen LogP contribution in [0.25, 0.3) is 17.0 Å². The van der Waals surface area contributed by atoms with Gasteiger partial charge in [-0.15, -0.1) is 0 Å². The summed E-state index contributed by atoms with van der Waals surface area (Å²) in [6, 6.07) is 15.6. The third-order valence-corrected chi connectivity index (χ3v) is 11.2. The Kier molecular flexibility index (Phi) is 13.6. The minimum atomic E-state index is -0.628. The normalized spacial score (nSPS) is 15.6. The Morgan fingerprint density at radius 2 is 1.81 bits per heavy atom. The molecule has 0 radical (unpaired) electrons. The van der Waals surface area contributed by atoms with E-state index in [1.807, 2.05) is 30.3 Å². The van der Waals surface area contributed by atoms with Crippen molar-refractivity contribution >= 4 is 76.7 Å². The van der Waals surface area contributed by atoms with Gasteiger partial charge in [-0.2, -0.15) is 12.6 Å². The van der Waals surface area contributed by atoms with Gasteiger partial charge in [-0.25, -0.2) is 13.8 Å². The molecule has 53 heavy (non-hydrogen) atoms. The van der Waals surface area contributed by atoms with E-state index in [-0.39, 0.29) is 4.90 Å². The fraction of sp³-hybridized carbons (Fsp3) is 0.342. The van der Waals surface area contributed by atoms with Crippen LogP contribution in [0.2, 0.25) is 0 Å². The van der Waals surface area contributed by atoms with Crippen molar-refractivity contribution < 1.29 is 18.3 Å². The highest BCUT2D eigenvalue weighted by Crippen LogP contribution is 2.40. The van der Waals surface area contributed by atoms with E-state index < -0.39 is 11.6 Å². The summed E-state index contributed by atoms with van der Waals surface area (Å²) in [5, 5.41) is 4.24. The van der Waals surface area contributed by atoms with Crippen molar-refractivity contribution in [3.63, 3.8) is 0 Å². The molecular formula is C38H44F2N8O2S3. The number of morpholine rings is 1. The molecule has 1 aromatic heterocycles. The van der Waals surface area contributed by atoms with Crippen LogP contribution >= 0.6 is 35.9 Å². The first kappa shape index (κ1) is 38.6. The Morgan fingerprint density at radius 1 is 1.06 bits per heavy atom. The second kappa shape index (κ2) is 18.7. The van der Waals surface area contributed by atoms with Crippen LogP contribution in [0.5, 0.6) is 5.75 Å². The second-order valence-electron chi connectivity index (χ2n) is 12.4. The zero-order valence-corrected chi connectivity index (χ0v) is 32.4. The van der Waals surface area contributed by atoms with Gasteiger partial charge in [0.1, 0.15) is 24.1 Å². The molecule has 10 nitrogen and oxygen atoms in total. The fourth-order valence-electron chi connectivity index (χ4n) is 6.17. The lowest BCUT2D eigenvalue weighted by molar-refractivity contribution is 0.122. The molecule has 0 amide bonds. The van der Waals surface area contributed by atoms with E-state index in [4.69, 9.17) is 14.5 Å². The van der Waals surface area contributed by atoms with Crippen molar-refractivity contribution in [2.45, 2.75) is 11.8 Å². The van der Waals surface area contributed by atoms with Crippen molar-refractivity contribution in [2.24, 2.45) is 9.98 Å². The molecule has 0 spiro atoms. The Bertz CT molecular complexity index is 1910. The minimum Gasteiger partial charge on any atom is -0.495 e. The lowest BCUT2D eigenvalue weighted by atomic mass is 10.1. The monoisotopic (exact) mass is 778 g/mol. The van der Waals surface area contributed by atoms with Crippen molar-refractivity contribution in [3.05, 3.63) is 82.7 Å². The fourth-order valence-corrected chi connectivity index (χ4v) is 8.26. The number of hydrogen-bond acceptors (Lipinski definition) is 13. The van der Waals surface area contributed by atoms with E-state index in [9.17, 15) is 8.78 Å². The quantitative estimate of drug-likeness (QED) is 0.0642. The van der Waals surface area contributed by atoms with E-state index >= 15 is 0 Å². The molecule has 2 saturated heterocycles. The molecule has 2 fully saturated rings. The maximum absolute atomic E-state index is 14.3. The van der Waals surface area contributed by atoms with Crippen LogP contribution in [0, 0.1) is 18.6 Å². The number of thiazole rings is 1. The Labute approximate surface area is 323 Å². The zero-order valence-electron chi connectivity index (χ0n) is 29.9. The number of nitrogens with zero attached hydrogens (tertiary/aromatic N) is 6. The molecule has 2 aliphatic heterocycles. The van der Waals surface area contributed by atoms with Gasteiger partial charge in [0.2, 0.25) is 0 Å². The van der Waals surface area contributed by atoms with Crippen molar-refractivity contribution in [3.8, 4) is 17.0 Å². The number of aromatic nitrogens is 1. The number of benzene rings is 3. The number of anilines is 4. The van der Waals surface area contributed by atoms with Gasteiger partial charge in [-0.1, -0.05) is 29.5 Å². The number of rotatable bonds is 15. The molecule has 0 saturated carbocycles. The highest BCUT2D eigenvalue weighted by molar-refractivity contribution is 8.00. The molecule has 2 aliphatic rings. The van der Waals surface area contributed by atoms with Gasteiger partial charge < -0.3 is 29.3 Å². The summed E-state index contributed by atoms with van der Waals surface area (Å²) in [5.41, 5.74) is 6.04. The summed E-state index contributed by atoms with van der Waals surface area (Å²) in [5.74, 6) is 0.380. The molecule has 0 aliphatic carbocycles. The largest absolute Gasteiger partial charge is 0.495 e. The van der Waals surface area contributed by atoms with Gasteiger partial charge in [0.05, 0.1) is 47.2 Å². The first-order valence-corrected chi connectivity index (χ1v) is 19.6. The number of nitrogens with one attached hydrogen (secondary N) is 2. The smallest absolute Gasteiger partial charge is 0.186 e. The Morgan fingerprint density at radius 3 is 2.53 bits per heavy atom. The molecule has 15 heteroatoms. The van der Waals surface area contributed by atoms with Gasteiger partial charge in [-0.3, -0.25) is 14.9 Å². The number of piperazine rings is 1. The van der Waals surface area contributed by atoms with E-state index in [0.29, 0.717) is 31.3 Å². The lowest BCUT2D eigenvalue weighted by Crippen LogP contribution is -2.47. The zero-order chi connectivity index (χ0) is 37.2. The number of thiol groups is 1. The molecule has 0 unspecified atom stereocenters. The lowest BCUT2D eigenvalue weighted by Gasteiger charge is -2.36. The molecule has 6 rings (SSSR count). The van der Waals surface area contributed by atoms with Crippen LogP contribution in [0.1, 0.15) is 10.4 Å². The number of allylic oxidation sites excluding steroid dienone is 1. The molecule has 3 aromatic carbocycles. The summed E-state index contributed by atoms with van der Waals surface area (Å²) in [4.78, 5) is 21.8. The van der Waals surface area contributed by atoms with E-state index in [1.165, 1.54) is 40.8 Å². The Hall–Kier alpha value is -4.15. The molecular weight excluding hydrogens is 735 g/mol. The van der Waals surface area contributed by atoms with Gasteiger partial charge in [0, 0.05) is 80.8 Å². The van der Waals surface area contributed by atoms with Crippen LogP contribution in [0.4, 0.5) is 31.0 Å². The summed E-state index contributed by atoms with van der Waals surface area (Å²) in [7, 11) is 1.68. The summed E-state index contributed by atoms with van der Waals surface area (Å²) in [6.45, 7) is 14.0. The van der Waals surface area contributed by atoms with Crippen molar-refractivity contribution in [1.82, 2.24) is 9.88 Å². The Balaban J connectivity index is 1.18. The average Bonchev–Trinajstić information content (AvgIpc) is 3.63. The molecule has 2 N–H and O–H groups in total. The SMILES string of the molecule is C=N/C(=C\C=N/CNc1cc(C)c(N2CCN(CCS)CC2)cc1OC)c1sc(N2CCOCC2)nc1-c1cccc(NSc2c(F)cccc2F)c1. The van der Waals surface area contributed by atoms with Crippen LogP contribution in [-0.4, -0.2) is 101 Å². The van der Waals surface area contributed by atoms with E-state index in [2.05, 4.69) is 73.1 Å². The first-order chi connectivity index (χ1) is 25.9. The van der Waals surface area contributed by atoms with Gasteiger partial charge in [-0.05, 0) is 67.6 Å². The van der Waals surface area contributed by atoms with Crippen molar-refractivity contribution in [1.29, 1.82) is 0 Å². The van der Waals surface area contributed by atoms with Crippen LogP contribution < -0.4 is 24.6 Å². The predicted octanol–water partition coefficient (Wildman–Crippen LogP) is 7.59. The topological polar surface area (TPSA) is 89.9 Å². The van der Waals surface area contributed by atoms with Crippen LogP contribution in [0.15, 0.2) is 75.6 Å². The van der Waals surface area contributed by atoms with Gasteiger partial charge in [0.25, 0.3) is 0 Å². The molecule has 0 bridgehead atoms. The average molecular weight is 779 g/mol. The molecule has 3 heterocycles. The van der Waals surface area contributed by atoms with E-state index in [1.54, 1.807) is 13.3 Å². The van der Waals surface area contributed by atoms with E-state index in [0.717, 1.165) is 96.2 Å². The predicted molar refractivity (Wildman–Crippen MR) is 221 cm³/mol. The number of aryl methyl sites for hydroxylation is 1. The first-order valence-electron chi connectivity index (χ1n) is 17.4. The third kappa shape index (κ3) is 9.70. The summed E-state index contributed by atoms with van der Waals surface area (Å²) < 4.78 is 43.0. The van der Waals surface area contributed by atoms with Gasteiger partial charge in [0.15, 0.2) is 5.13 Å². The maximum atomic E-state index is 14.3. The summed E-state index contributed by atoms with van der Waals surface area (Å²) >= 11 is 6.79. The highest BCUT2D eigenvalue weighted by Gasteiger charge is 2.23. The molecule has 4 aromatic rings. The standard InChI is InChI=1S/C38H44F2N8O2S3/c1-26-22-32(34(49-3)24-33(26)47-14-12-46(13-15-47)18-21-51)43-25-42-11-10-31(41-2)37-35(44-38(52-37)48-16-19-50-20-17-48)27-6-4-7-28(23-27)45-53-36-29(39)8-5-9-30(36)40/h4-11,22-24,43,45,51H,2,12-21,25H2,1,3H3/b31-10-,42-11-. The number of hydrogen-bond donors (Lipinski definition) is 3. The van der Waals surface area contributed by atoms with Crippen molar-refractivity contribution in [2.75, 3.05) is 98.4 Å². The molecule has 0 atom stereocenters. The third-order valence-electron chi connectivity index (χ3n) is 8.97. The van der Waals surface area contributed by atoms with Crippen LogP contribution in [0.3, 0.4) is 0 Å². The molecule has 280 valence electrons. The second-order valence-corrected chi connectivity index (χ2v) is 14.6. The summed E-state index contributed by atoms with van der Waals surface area (Å²) in [6.07, 6.45) is 3.54. The van der Waals surface area contributed by atoms with Crippen LogP contribution in [-0.2, 0) is 4.74 Å². The van der Waals surface area contributed by atoms with Gasteiger partial charge >= 0.3 is 0 Å². The number of halogens is 2.